The van der Waals surface area contributed by atoms with Gasteiger partial charge in [-0.15, -0.1) is 0 Å². The summed E-state index contributed by atoms with van der Waals surface area (Å²) in [4.78, 5) is 20.9. The average molecular weight is 204 g/mol. The van der Waals surface area contributed by atoms with Crippen LogP contribution in [0.5, 0.6) is 0 Å². The molecule has 0 unspecified atom stereocenters. The number of carbonyl (C=O) groups is 1. The minimum atomic E-state index is -0.427. The van der Waals surface area contributed by atoms with E-state index in [9.17, 15) is 9.70 Å². The molecule has 0 radical (unpaired) electrons. The van der Waals surface area contributed by atoms with Crippen LogP contribution < -0.4 is 5.32 Å². The van der Waals surface area contributed by atoms with Crippen molar-refractivity contribution in [3.8, 4) is 0 Å². The van der Waals surface area contributed by atoms with Crippen LogP contribution in [0.4, 0.5) is 5.69 Å². The summed E-state index contributed by atoms with van der Waals surface area (Å²) in [6.45, 7) is -0.374. The summed E-state index contributed by atoms with van der Waals surface area (Å²) >= 11 is 0. The number of benzene rings is 1. The Hall–Kier alpha value is -2.24. The molecular weight excluding hydrogens is 196 g/mol. The molecule has 0 spiro atoms. The highest BCUT2D eigenvalue weighted by Gasteiger charge is 2.03. The number of aromatic nitrogens is 2. The Bertz CT molecular complexity index is 506. The van der Waals surface area contributed by atoms with Crippen molar-refractivity contribution in [3.05, 3.63) is 29.3 Å². The molecule has 0 bridgehead atoms. The van der Waals surface area contributed by atoms with E-state index in [2.05, 4.69) is 20.7 Å². The highest BCUT2D eigenvalue weighted by Crippen LogP contribution is 2.16. The fourth-order valence-electron chi connectivity index (χ4n) is 1.27. The summed E-state index contributed by atoms with van der Waals surface area (Å²) in [5, 5.41) is 12.6. The number of hydrogen-bond acceptors (Lipinski definition) is 4. The van der Waals surface area contributed by atoms with Crippen molar-refractivity contribution in [1.29, 1.82) is 0 Å². The Kier molecular flexibility index (Phi) is 2.40. The Labute approximate surface area is 84.6 Å². The SMILES string of the molecule is O=NCC(=O)Nc1ccc2cn[nH]c2c1. The zero-order valence-corrected chi connectivity index (χ0v) is 7.73. The predicted octanol–water partition coefficient (Wildman–Crippen LogP) is 1.27. The number of aromatic amines is 1. The second kappa shape index (κ2) is 3.87. The molecule has 1 aromatic carbocycles. The van der Waals surface area contributed by atoms with Gasteiger partial charge in [0.1, 0.15) is 0 Å². The summed E-state index contributed by atoms with van der Waals surface area (Å²) in [7, 11) is 0. The molecular formula is C9H8N4O2. The normalized spacial score (nSPS) is 10.1. The van der Waals surface area contributed by atoms with Gasteiger partial charge in [-0.05, 0) is 18.2 Å². The maximum atomic E-state index is 11.1. The predicted molar refractivity (Wildman–Crippen MR) is 55.4 cm³/mol. The van der Waals surface area contributed by atoms with Gasteiger partial charge in [-0.25, -0.2) is 0 Å². The Morgan fingerprint density at radius 1 is 1.53 bits per heavy atom. The van der Waals surface area contributed by atoms with E-state index in [4.69, 9.17) is 0 Å². The van der Waals surface area contributed by atoms with E-state index >= 15 is 0 Å². The molecule has 2 N–H and O–H groups in total. The molecule has 6 heteroatoms. The van der Waals surface area contributed by atoms with Gasteiger partial charge in [0.15, 0.2) is 6.54 Å². The van der Waals surface area contributed by atoms with Crippen LogP contribution in [-0.2, 0) is 4.79 Å². The van der Waals surface area contributed by atoms with Gasteiger partial charge in [0.05, 0.1) is 11.7 Å². The molecule has 0 aliphatic carbocycles. The summed E-state index contributed by atoms with van der Waals surface area (Å²) < 4.78 is 0. The number of fused-ring (bicyclic) bond motifs is 1. The molecule has 0 saturated heterocycles. The van der Waals surface area contributed by atoms with E-state index in [1.165, 1.54) is 0 Å². The molecule has 2 aromatic rings. The van der Waals surface area contributed by atoms with Crippen molar-refractivity contribution in [2.45, 2.75) is 0 Å². The lowest BCUT2D eigenvalue weighted by Crippen LogP contribution is -2.14. The second-order valence-corrected chi connectivity index (χ2v) is 3.01. The molecule has 15 heavy (non-hydrogen) atoms. The lowest BCUT2D eigenvalue weighted by molar-refractivity contribution is -0.114. The number of nitrogens with one attached hydrogen (secondary N) is 2. The lowest BCUT2D eigenvalue weighted by Gasteiger charge is -2.01. The third kappa shape index (κ3) is 1.98. The molecule has 6 nitrogen and oxygen atoms in total. The Morgan fingerprint density at radius 3 is 3.20 bits per heavy atom. The van der Waals surface area contributed by atoms with Crippen LogP contribution >= 0.6 is 0 Å². The van der Waals surface area contributed by atoms with Crippen LogP contribution in [-0.4, -0.2) is 22.6 Å². The van der Waals surface area contributed by atoms with Gasteiger partial charge >= 0.3 is 0 Å². The monoisotopic (exact) mass is 204 g/mol. The number of carbonyl (C=O) groups excluding carboxylic acids is 1. The largest absolute Gasteiger partial charge is 0.324 e. The van der Waals surface area contributed by atoms with Crippen molar-refractivity contribution in [2.24, 2.45) is 5.18 Å². The van der Waals surface area contributed by atoms with E-state index in [0.29, 0.717) is 5.69 Å². The lowest BCUT2D eigenvalue weighted by atomic mass is 10.2. The first kappa shape index (κ1) is 9.32. The van der Waals surface area contributed by atoms with Crippen LogP contribution in [0.3, 0.4) is 0 Å². The molecule has 0 aliphatic heterocycles. The molecule has 1 amide bonds. The number of amides is 1. The van der Waals surface area contributed by atoms with E-state index in [-0.39, 0.29) is 6.54 Å². The molecule has 0 aliphatic rings. The van der Waals surface area contributed by atoms with Crippen LogP contribution in [0, 0.1) is 4.91 Å². The fraction of sp³-hybridized carbons (Fsp3) is 0.111. The van der Waals surface area contributed by atoms with E-state index in [1.807, 2.05) is 6.07 Å². The first-order valence-corrected chi connectivity index (χ1v) is 4.31. The van der Waals surface area contributed by atoms with Gasteiger partial charge in [-0.3, -0.25) is 9.89 Å². The second-order valence-electron chi connectivity index (χ2n) is 3.01. The van der Waals surface area contributed by atoms with Crippen molar-refractivity contribution in [3.63, 3.8) is 0 Å². The first-order chi connectivity index (χ1) is 7.29. The van der Waals surface area contributed by atoms with Gasteiger partial charge in [-0.2, -0.15) is 10.0 Å². The number of hydrogen-bond donors (Lipinski definition) is 2. The number of H-pyrrole nitrogens is 1. The third-order valence-corrected chi connectivity index (χ3v) is 1.93. The summed E-state index contributed by atoms with van der Waals surface area (Å²) in [6, 6.07) is 5.30. The minimum Gasteiger partial charge on any atom is -0.324 e. The van der Waals surface area contributed by atoms with E-state index in [0.717, 1.165) is 10.9 Å². The average Bonchev–Trinajstić information content (AvgIpc) is 2.65. The van der Waals surface area contributed by atoms with Crippen LogP contribution in [0.1, 0.15) is 0 Å². The summed E-state index contributed by atoms with van der Waals surface area (Å²) in [5.41, 5.74) is 1.44. The smallest absolute Gasteiger partial charge is 0.249 e. The first-order valence-electron chi connectivity index (χ1n) is 4.31. The molecule has 1 aromatic heterocycles. The van der Waals surface area contributed by atoms with Crippen LogP contribution in [0.25, 0.3) is 10.9 Å². The maximum absolute atomic E-state index is 11.1. The number of nitroso groups, excluding NO2 is 1. The summed E-state index contributed by atoms with van der Waals surface area (Å²) in [5.74, 6) is -0.427. The fourth-order valence-corrected chi connectivity index (χ4v) is 1.27. The highest BCUT2D eigenvalue weighted by molar-refractivity contribution is 5.94. The molecule has 0 saturated carbocycles. The van der Waals surface area contributed by atoms with Gasteiger partial charge in [0, 0.05) is 11.1 Å². The third-order valence-electron chi connectivity index (χ3n) is 1.93. The van der Waals surface area contributed by atoms with Crippen molar-refractivity contribution < 1.29 is 4.79 Å². The standard InChI is InChI=1S/C9H8N4O2/c14-9(5-11-15)12-7-2-1-6-4-10-13-8(6)3-7/h1-4H,5H2,(H,10,13)(H,12,14). The van der Waals surface area contributed by atoms with Gasteiger partial charge in [-0.1, -0.05) is 5.18 Å². The zero-order valence-electron chi connectivity index (χ0n) is 7.73. The Balaban J connectivity index is 2.21. The minimum absolute atomic E-state index is 0.374. The van der Waals surface area contributed by atoms with Gasteiger partial charge in [0.2, 0.25) is 5.91 Å². The number of rotatable bonds is 3. The van der Waals surface area contributed by atoms with Gasteiger partial charge in [0.25, 0.3) is 0 Å². The number of anilines is 1. The van der Waals surface area contributed by atoms with E-state index < -0.39 is 5.91 Å². The summed E-state index contributed by atoms with van der Waals surface area (Å²) in [6.07, 6.45) is 1.69. The maximum Gasteiger partial charge on any atom is 0.249 e. The van der Waals surface area contributed by atoms with Crippen LogP contribution in [0.15, 0.2) is 29.6 Å². The Morgan fingerprint density at radius 2 is 2.40 bits per heavy atom. The number of nitrogens with zero attached hydrogens (tertiary/aromatic N) is 2. The highest BCUT2D eigenvalue weighted by atomic mass is 16.3. The molecule has 1 heterocycles. The van der Waals surface area contributed by atoms with Crippen LogP contribution in [0.2, 0.25) is 0 Å². The topological polar surface area (TPSA) is 87.2 Å². The zero-order chi connectivity index (χ0) is 10.7. The van der Waals surface area contributed by atoms with Gasteiger partial charge < -0.3 is 5.32 Å². The van der Waals surface area contributed by atoms with Crippen molar-refractivity contribution in [1.82, 2.24) is 10.2 Å². The van der Waals surface area contributed by atoms with E-state index in [1.54, 1.807) is 18.3 Å². The molecule has 2 rings (SSSR count). The molecule has 76 valence electrons. The van der Waals surface area contributed by atoms with Crippen molar-refractivity contribution in [2.75, 3.05) is 11.9 Å². The molecule has 0 atom stereocenters. The quantitative estimate of drug-likeness (QED) is 0.738. The van der Waals surface area contributed by atoms with Crippen molar-refractivity contribution >= 4 is 22.5 Å². The molecule has 0 fully saturated rings.